The summed E-state index contributed by atoms with van der Waals surface area (Å²) in [6.45, 7) is 6.88. The zero-order valence-corrected chi connectivity index (χ0v) is 10.7. The Hall–Kier alpha value is -0.420. The third kappa shape index (κ3) is 2.83. The molecule has 0 aliphatic carbocycles. The topological polar surface area (TPSA) is 32.8 Å². The van der Waals surface area contributed by atoms with Crippen molar-refractivity contribution >= 4 is 17.8 Å². The molecular formula is C11H20N2O2S. The zero-order valence-electron chi connectivity index (χ0n) is 9.85. The Kier molecular flexibility index (Phi) is 4.35. The van der Waals surface area contributed by atoms with Crippen LogP contribution in [0, 0.1) is 0 Å². The molecule has 0 aromatic heterocycles. The number of morpholine rings is 1. The first-order valence-electron chi connectivity index (χ1n) is 6.04. The maximum absolute atomic E-state index is 12.2. The van der Waals surface area contributed by atoms with Gasteiger partial charge in [0, 0.05) is 37.2 Å². The van der Waals surface area contributed by atoms with Gasteiger partial charge in [-0.15, -0.1) is 0 Å². The van der Waals surface area contributed by atoms with E-state index in [2.05, 4.69) is 6.92 Å². The monoisotopic (exact) mass is 244 g/mol. The van der Waals surface area contributed by atoms with E-state index in [9.17, 15) is 4.79 Å². The molecule has 0 bridgehead atoms. The van der Waals surface area contributed by atoms with Gasteiger partial charge in [0.2, 0.25) is 0 Å². The Morgan fingerprint density at radius 2 is 2.06 bits per heavy atom. The average molecular weight is 244 g/mol. The van der Waals surface area contributed by atoms with Crippen LogP contribution in [-0.2, 0) is 4.74 Å². The SMILES string of the molecule is CCC1CN(C(=O)N2CCOCC2)CCS1. The summed E-state index contributed by atoms with van der Waals surface area (Å²) in [6, 6.07) is 0.210. The fourth-order valence-corrected chi connectivity index (χ4v) is 3.27. The molecule has 2 aliphatic rings. The maximum Gasteiger partial charge on any atom is 0.320 e. The summed E-state index contributed by atoms with van der Waals surface area (Å²) in [6.07, 6.45) is 1.15. The van der Waals surface area contributed by atoms with Crippen molar-refractivity contribution < 1.29 is 9.53 Å². The number of amides is 2. The quantitative estimate of drug-likeness (QED) is 0.696. The predicted octanol–water partition coefficient (Wildman–Crippen LogP) is 1.27. The van der Waals surface area contributed by atoms with E-state index in [1.54, 1.807) is 0 Å². The minimum absolute atomic E-state index is 0.210. The number of carbonyl (C=O) groups is 1. The second kappa shape index (κ2) is 5.77. The summed E-state index contributed by atoms with van der Waals surface area (Å²) >= 11 is 1.99. The summed E-state index contributed by atoms with van der Waals surface area (Å²) in [7, 11) is 0. The van der Waals surface area contributed by atoms with Gasteiger partial charge in [0.25, 0.3) is 0 Å². The highest BCUT2D eigenvalue weighted by atomic mass is 32.2. The van der Waals surface area contributed by atoms with E-state index in [0.29, 0.717) is 18.5 Å². The molecule has 2 saturated heterocycles. The number of urea groups is 1. The van der Waals surface area contributed by atoms with Crippen molar-refractivity contribution in [2.24, 2.45) is 0 Å². The molecule has 92 valence electrons. The van der Waals surface area contributed by atoms with Crippen molar-refractivity contribution in [2.45, 2.75) is 18.6 Å². The van der Waals surface area contributed by atoms with E-state index in [1.165, 1.54) is 0 Å². The normalized spacial score (nSPS) is 26.9. The number of carbonyl (C=O) groups excluding carboxylic acids is 1. The van der Waals surface area contributed by atoms with E-state index in [4.69, 9.17) is 4.74 Å². The van der Waals surface area contributed by atoms with E-state index in [0.717, 1.165) is 38.4 Å². The highest BCUT2D eigenvalue weighted by Crippen LogP contribution is 2.22. The molecule has 2 amide bonds. The molecule has 1 unspecified atom stereocenters. The van der Waals surface area contributed by atoms with Gasteiger partial charge >= 0.3 is 6.03 Å². The van der Waals surface area contributed by atoms with Gasteiger partial charge in [-0.05, 0) is 6.42 Å². The Balaban J connectivity index is 1.87. The number of rotatable bonds is 1. The van der Waals surface area contributed by atoms with Gasteiger partial charge in [0.1, 0.15) is 0 Å². The number of nitrogens with zero attached hydrogens (tertiary/aromatic N) is 2. The van der Waals surface area contributed by atoms with Gasteiger partial charge in [-0.3, -0.25) is 0 Å². The Bertz CT molecular complexity index is 244. The lowest BCUT2D eigenvalue weighted by molar-refractivity contribution is 0.0435. The van der Waals surface area contributed by atoms with Gasteiger partial charge in [0.05, 0.1) is 13.2 Å². The number of hydrogen-bond acceptors (Lipinski definition) is 3. The lowest BCUT2D eigenvalue weighted by Crippen LogP contribution is -2.51. The predicted molar refractivity (Wildman–Crippen MR) is 65.9 cm³/mol. The minimum Gasteiger partial charge on any atom is -0.378 e. The van der Waals surface area contributed by atoms with E-state index in [-0.39, 0.29) is 6.03 Å². The first-order valence-corrected chi connectivity index (χ1v) is 7.09. The molecule has 2 heterocycles. The second-order valence-electron chi connectivity index (χ2n) is 4.23. The molecule has 2 fully saturated rings. The third-order valence-corrected chi connectivity index (χ3v) is 4.52. The Labute approximate surface area is 101 Å². The molecule has 0 radical (unpaired) electrons. The molecule has 0 aromatic carbocycles. The van der Waals surface area contributed by atoms with Gasteiger partial charge in [-0.2, -0.15) is 11.8 Å². The molecule has 0 spiro atoms. The average Bonchev–Trinajstić information content (AvgIpc) is 2.39. The number of ether oxygens (including phenoxy) is 1. The van der Waals surface area contributed by atoms with E-state index < -0.39 is 0 Å². The van der Waals surface area contributed by atoms with E-state index >= 15 is 0 Å². The van der Waals surface area contributed by atoms with Crippen LogP contribution in [0.25, 0.3) is 0 Å². The summed E-state index contributed by atoms with van der Waals surface area (Å²) < 4.78 is 5.26. The molecule has 5 heteroatoms. The van der Waals surface area contributed by atoms with Crippen molar-refractivity contribution in [3.8, 4) is 0 Å². The lowest BCUT2D eigenvalue weighted by atomic mass is 10.3. The van der Waals surface area contributed by atoms with Crippen molar-refractivity contribution in [1.29, 1.82) is 0 Å². The molecular weight excluding hydrogens is 224 g/mol. The highest BCUT2D eigenvalue weighted by molar-refractivity contribution is 8.00. The third-order valence-electron chi connectivity index (χ3n) is 3.15. The highest BCUT2D eigenvalue weighted by Gasteiger charge is 2.27. The van der Waals surface area contributed by atoms with Crippen molar-refractivity contribution in [3.05, 3.63) is 0 Å². The van der Waals surface area contributed by atoms with Crippen molar-refractivity contribution in [1.82, 2.24) is 9.80 Å². The van der Waals surface area contributed by atoms with Crippen LogP contribution in [0.4, 0.5) is 4.79 Å². The summed E-state index contributed by atoms with van der Waals surface area (Å²) in [4.78, 5) is 16.1. The molecule has 0 aromatic rings. The largest absolute Gasteiger partial charge is 0.378 e. The lowest BCUT2D eigenvalue weighted by Gasteiger charge is -2.37. The fourth-order valence-electron chi connectivity index (χ4n) is 2.09. The Morgan fingerprint density at radius 3 is 2.75 bits per heavy atom. The van der Waals surface area contributed by atoms with E-state index in [1.807, 2.05) is 21.6 Å². The van der Waals surface area contributed by atoms with Crippen molar-refractivity contribution in [2.75, 3.05) is 45.1 Å². The smallest absolute Gasteiger partial charge is 0.320 e. The second-order valence-corrected chi connectivity index (χ2v) is 5.64. The molecule has 2 rings (SSSR count). The van der Waals surface area contributed by atoms with Crippen LogP contribution in [0.3, 0.4) is 0 Å². The first kappa shape index (κ1) is 12.0. The standard InChI is InChI=1S/C11H20N2O2S/c1-2-10-9-13(5-8-16-10)11(14)12-3-6-15-7-4-12/h10H,2-9H2,1H3. The minimum atomic E-state index is 0.210. The van der Waals surface area contributed by atoms with Gasteiger partial charge in [-0.1, -0.05) is 6.92 Å². The molecule has 0 saturated carbocycles. The molecule has 1 atom stereocenters. The van der Waals surface area contributed by atoms with Crippen LogP contribution in [-0.4, -0.2) is 66.2 Å². The van der Waals surface area contributed by atoms with Crippen LogP contribution < -0.4 is 0 Å². The summed E-state index contributed by atoms with van der Waals surface area (Å²) in [5.41, 5.74) is 0. The van der Waals surface area contributed by atoms with Gasteiger partial charge in [-0.25, -0.2) is 4.79 Å². The van der Waals surface area contributed by atoms with Crippen LogP contribution in [0.2, 0.25) is 0 Å². The van der Waals surface area contributed by atoms with Gasteiger partial charge in [0.15, 0.2) is 0 Å². The van der Waals surface area contributed by atoms with Crippen LogP contribution in [0.5, 0.6) is 0 Å². The molecule has 0 N–H and O–H groups in total. The fraction of sp³-hybridized carbons (Fsp3) is 0.909. The molecule has 4 nitrogen and oxygen atoms in total. The first-order chi connectivity index (χ1) is 7.81. The van der Waals surface area contributed by atoms with Crippen molar-refractivity contribution in [3.63, 3.8) is 0 Å². The summed E-state index contributed by atoms with van der Waals surface area (Å²) in [5, 5.41) is 0.624. The summed E-state index contributed by atoms with van der Waals surface area (Å²) in [5.74, 6) is 1.08. The van der Waals surface area contributed by atoms with Crippen LogP contribution in [0.15, 0.2) is 0 Å². The van der Waals surface area contributed by atoms with Crippen LogP contribution in [0.1, 0.15) is 13.3 Å². The zero-order chi connectivity index (χ0) is 11.4. The number of hydrogen-bond donors (Lipinski definition) is 0. The maximum atomic E-state index is 12.2. The molecule has 16 heavy (non-hydrogen) atoms. The Morgan fingerprint density at radius 1 is 1.31 bits per heavy atom. The van der Waals surface area contributed by atoms with Gasteiger partial charge < -0.3 is 14.5 Å². The van der Waals surface area contributed by atoms with Crippen LogP contribution >= 0.6 is 11.8 Å². The number of thioether (sulfide) groups is 1. The molecule has 2 aliphatic heterocycles.